The summed E-state index contributed by atoms with van der Waals surface area (Å²) in [4.78, 5) is 0. The SMILES string of the molecule is C.C.C.C.C.C.C.C.C.C.C.C.CCCCC.CCOC1OC(C)C(C)C(O)C1C.CCOCC(C)(C)CO.CCOCC(C)(O)CC.CCOCC(C)(O)CO. The molecule has 0 aromatic heterocycles. The second-order valence-electron chi connectivity index (χ2n) is 13.0. The van der Waals surface area contributed by atoms with Crippen LogP contribution < -0.4 is 0 Å². The summed E-state index contributed by atoms with van der Waals surface area (Å²) in [5.41, 5.74) is -1.78. The maximum absolute atomic E-state index is 9.85. The largest absolute Gasteiger partial charge is 0.396 e. The third-order valence-electron chi connectivity index (χ3n) is 7.10. The Morgan fingerprint density at radius 2 is 0.860 bits per heavy atom. The van der Waals surface area contributed by atoms with Crippen molar-refractivity contribution in [3.05, 3.63) is 0 Å². The van der Waals surface area contributed by atoms with Gasteiger partial charge in [-0.15, -0.1) is 0 Å². The van der Waals surface area contributed by atoms with E-state index in [1.54, 1.807) is 6.92 Å². The average molecular weight is 852 g/mol. The van der Waals surface area contributed by atoms with Crippen LogP contribution in [0.15, 0.2) is 0 Å². The first-order chi connectivity index (χ1) is 20.9. The predicted molar refractivity (Wildman–Crippen MR) is 265 cm³/mol. The minimum Gasteiger partial charge on any atom is -0.396 e. The smallest absolute Gasteiger partial charge is 0.162 e. The summed E-state index contributed by atoms with van der Waals surface area (Å²) in [5.74, 6) is 0.248. The molecule has 10 nitrogen and oxygen atoms in total. The van der Waals surface area contributed by atoms with E-state index in [1.807, 2.05) is 69.2 Å². The zero-order chi connectivity index (χ0) is 36.1. The van der Waals surface area contributed by atoms with Crippen molar-refractivity contribution in [1.82, 2.24) is 0 Å². The molecular weight excluding hydrogens is 725 g/mol. The van der Waals surface area contributed by atoms with Gasteiger partial charge < -0.3 is 49.2 Å². The molecule has 0 bridgehead atoms. The molecule has 0 radical (unpaired) electrons. The number of hydrogen-bond acceptors (Lipinski definition) is 10. The molecule has 1 aliphatic rings. The lowest BCUT2D eigenvalue weighted by Crippen LogP contribution is -2.48. The fourth-order valence-corrected chi connectivity index (χ4v) is 3.30. The predicted octanol–water partition coefficient (Wildman–Crippen LogP) is 13.2. The van der Waals surface area contributed by atoms with Crippen LogP contribution in [0.25, 0.3) is 0 Å². The van der Waals surface area contributed by atoms with E-state index in [0.29, 0.717) is 33.0 Å². The summed E-state index contributed by atoms with van der Waals surface area (Å²) >= 11 is 0. The summed E-state index contributed by atoms with van der Waals surface area (Å²) in [6.07, 6.45) is 4.33. The van der Waals surface area contributed by atoms with Gasteiger partial charge >= 0.3 is 0 Å². The zero-order valence-electron chi connectivity index (χ0n) is 31.9. The average Bonchev–Trinajstić information content (AvgIpc) is 3.01. The third kappa shape index (κ3) is 67.6. The van der Waals surface area contributed by atoms with Gasteiger partial charge in [-0.05, 0) is 54.9 Å². The van der Waals surface area contributed by atoms with E-state index in [9.17, 15) is 10.2 Å². The van der Waals surface area contributed by atoms with Gasteiger partial charge in [0.2, 0.25) is 0 Å². The molecule has 10 heteroatoms. The van der Waals surface area contributed by atoms with Gasteiger partial charge in [0.05, 0.1) is 50.8 Å². The summed E-state index contributed by atoms with van der Waals surface area (Å²) in [6, 6.07) is 0. The molecule has 1 rings (SSSR count). The Morgan fingerprint density at radius 3 is 1.12 bits per heavy atom. The molecular formula is C47H126O10. The number of rotatable bonds is 16. The molecule has 0 aromatic carbocycles. The zero-order valence-corrected chi connectivity index (χ0v) is 31.9. The van der Waals surface area contributed by atoms with E-state index in [-0.39, 0.29) is 145 Å². The quantitative estimate of drug-likeness (QED) is 0.102. The molecule has 57 heavy (non-hydrogen) atoms. The van der Waals surface area contributed by atoms with Crippen molar-refractivity contribution in [1.29, 1.82) is 0 Å². The number of ether oxygens (including phenoxy) is 5. The molecule has 1 aliphatic heterocycles. The first-order valence-corrected chi connectivity index (χ1v) is 17.2. The van der Waals surface area contributed by atoms with Crippen molar-refractivity contribution >= 4 is 0 Å². The normalized spacial score (nSPS) is 18.7. The van der Waals surface area contributed by atoms with Crippen molar-refractivity contribution in [2.24, 2.45) is 17.3 Å². The van der Waals surface area contributed by atoms with Crippen LogP contribution in [-0.2, 0) is 23.7 Å². The molecule has 1 fully saturated rings. The fraction of sp³-hybridized carbons (Fsp3) is 1.00. The Labute approximate surface area is 366 Å². The maximum atomic E-state index is 9.85. The van der Waals surface area contributed by atoms with Crippen molar-refractivity contribution < 1.29 is 49.2 Å². The molecule has 7 unspecified atom stereocenters. The van der Waals surface area contributed by atoms with E-state index >= 15 is 0 Å². The van der Waals surface area contributed by atoms with Crippen LogP contribution in [-0.4, -0.2) is 115 Å². The number of unbranched alkanes of at least 4 members (excludes halogenated alkanes) is 2. The first kappa shape index (κ1) is 106. The molecule has 0 aliphatic carbocycles. The van der Waals surface area contributed by atoms with E-state index in [4.69, 9.17) is 39.0 Å². The van der Waals surface area contributed by atoms with E-state index in [0.717, 1.165) is 13.0 Å². The van der Waals surface area contributed by atoms with Gasteiger partial charge in [-0.25, -0.2) is 0 Å². The number of aliphatic hydroxyl groups is 5. The van der Waals surface area contributed by atoms with Gasteiger partial charge in [0.25, 0.3) is 0 Å². The van der Waals surface area contributed by atoms with Crippen molar-refractivity contribution in [2.75, 3.05) is 59.5 Å². The standard InChI is InChI=1S/C10H20O3.2C7H16O2.C6H14O3.C5H12.12CH4/c1-5-12-10-7(3)9(11)6(2)8(4)13-10;1-4-9-6-7(2,3)5-8;1-4-7(3,8)6-9-5-2;1-3-9-5-6(2,8)4-7;1-3-5-4-2;;;;;;;;;;;;/h6-11H,5H2,1-4H3;2*8H,4-6H2,1-3H3;7-8H,3-5H2,1-2H3;3-5H2,1-2H3;12*1H4. The van der Waals surface area contributed by atoms with Crippen molar-refractivity contribution in [2.45, 2.75) is 241 Å². The van der Waals surface area contributed by atoms with Gasteiger partial charge in [-0.3, -0.25) is 0 Å². The minimum absolute atomic E-state index is 0. The van der Waals surface area contributed by atoms with Crippen LogP contribution in [0.5, 0.6) is 0 Å². The summed E-state index contributed by atoms with van der Waals surface area (Å²) in [6.45, 7) is 31.0. The first-order valence-electron chi connectivity index (χ1n) is 17.2. The molecule has 1 heterocycles. The highest BCUT2D eigenvalue weighted by Crippen LogP contribution is 2.30. The van der Waals surface area contributed by atoms with Crippen LogP contribution in [0.3, 0.4) is 0 Å². The van der Waals surface area contributed by atoms with Crippen LogP contribution in [0, 0.1) is 17.3 Å². The van der Waals surface area contributed by atoms with Crippen LogP contribution in [0.1, 0.15) is 212 Å². The number of hydrogen-bond donors (Lipinski definition) is 5. The maximum Gasteiger partial charge on any atom is 0.162 e. The third-order valence-corrected chi connectivity index (χ3v) is 7.10. The fourth-order valence-electron chi connectivity index (χ4n) is 3.30. The number of aliphatic hydroxyl groups excluding tert-OH is 3. The Morgan fingerprint density at radius 1 is 0.509 bits per heavy atom. The van der Waals surface area contributed by atoms with Crippen LogP contribution in [0.4, 0.5) is 0 Å². The minimum atomic E-state index is -1.07. The topological polar surface area (TPSA) is 147 Å². The van der Waals surface area contributed by atoms with Gasteiger partial charge in [-0.1, -0.05) is 157 Å². The monoisotopic (exact) mass is 851 g/mol. The Bertz CT molecular complexity index is 555. The lowest BCUT2D eigenvalue weighted by molar-refractivity contribution is -0.255. The van der Waals surface area contributed by atoms with Gasteiger partial charge in [-0.2, -0.15) is 0 Å². The lowest BCUT2D eigenvalue weighted by atomic mass is 9.86. The van der Waals surface area contributed by atoms with Crippen LogP contribution >= 0.6 is 0 Å². The highest BCUT2D eigenvalue weighted by atomic mass is 16.7. The van der Waals surface area contributed by atoms with Gasteiger partial charge in [0.1, 0.15) is 5.60 Å². The molecule has 1 saturated heterocycles. The molecule has 0 spiro atoms. The van der Waals surface area contributed by atoms with E-state index < -0.39 is 11.2 Å². The van der Waals surface area contributed by atoms with Gasteiger partial charge in [0.15, 0.2) is 6.29 Å². The van der Waals surface area contributed by atoms with E-state index in [2.05, 4.69) is 13.8 Å². The second-order valence-corrected chi connectivity index (χ2v) is 13.0. The molecule has 7 atom stereocenters. The van der Waals surface area contributed by atoms with E-state index in [1.165, 1.54) is 26.2 Å². The summed E-state index contributed by atoms with van der Waals surface area (Å²) in [5, 5.41) is 45.5. The van der Waals surface area contributed by atoms with Crippen LogP contribution in [0.2, 0.25) is 0 Å². The molecule has 0 amide bonds. The van der Waals surface area contributed by atoms with Crippen molar-refractivity contribution in [3.63, 3.8) is 0 Å². The highest BCUT2D eigenvalue weighted by Gasteiger charge is 2.38. The summed E-state index contributed by atoms with van der Waals surface area (Å²) in [7, 11) is 0. The van der Waals surface area contributed by atoms with Crippen molar-refractivity contribution in [3.8, 4) is 0 Å². The highest BCUT2D eigenvalue weighted by molar-refractivity contribution is 4.82. The van der Waals surface area contributed by atoms with Gasteiger partial charge in [0, 0.05) is 43.7 Å². The lowest BCUT2D eigenvalue weighted by Gasteiger charge is -2.40. The second kappa shape index (κ2) is 64.7. The Balaban J connectivity index is -0.0000000255. The molecule has 0 saturated carbocycles. The Hall–Kier alpha value is -0.400. The molecule has 0 aromatic rings. The molecule has 374 valence electrons. The molecule has 5 N–H and O–H groups in total. The Kier molecular flexibility index (Phi) is 121. The summed E-state index contributed by atoms with van der Waals surface area (Å²) < 4.78 is 26.1.